The zero-order valence-corrected chi connectivity index (χ0v) is 15.4. The molecule has 132 valence electrons. The van der Waals surface area contributed by atoms with E-state index in [4.69, 9.17) is 25.9 Å². The van der Waals surface area contributed by atoms with Gasteiger partial charge < -0.3 is 19.5 Å². The second-order valence-corrected chi connectivity index (χ2v) is 6.31. The molecule has 5 nitrogen and oxygen atoms in total. The number of nitrogens with zero attached hydrogens (tertiary/aromatic N) is 1. The summed E-state index contributed by atoms with van der Waals surface area (Å²) in [4.78, 5) is 5.21. The summed E-state index contributed by atoms with van der Waals surface area (Å²) in [6.07, 6.45) is 0.627. The number of hydrogen-bond acceptors (Lipinski definition) is 5. The van der Waals surface area contributed by atoms with E-state index in [-0.39, 0.29) is 16.7 Å². The highest BCUT2D eigenvalue weighted by Crippen LogP contribution is 2.34. The van der Waals surface area contributed by atoms with Gasteiger partial charge in [-0.15, -0.1) is 11.6 Å². The highest BCUT2D eigenvalue weighted by Gasteiger charge is 2.25. The van der Waals surface area contributed by atoms with Crippen LogP contribution in [0, 0.1) is 11.0 Å². The van der Waals surface area contributed by atoms with E-state index in [0.29, 0.717) is 21.7 Å². The van der Waals surface area contributed by atoms with Crippen LogP contribution in [-0.2, 0) is 10.6 Å². The molecule has 1 heterocycles. The van der Waals surface area contributed by atoms with Crippen LogP contribution in [0.4, 0.5) is 4.39 Å². The Bertz CT molecular complexity index is 817. The molecule has 0 radical (unpaired) electrons. The fourth-order valence-electron chi connectivity index (χ4n) is 2.30. The number of benzene rings is 2. The first-order valence-electron chi connectivity index (χ1n) is 7.22. The second kappa shape index (κ2) is 7.61. The minimum atomic E-state index is -0.959. The molecule has 25 heavy (non-hydrogen) atoms. The van der Waals surface area contributed by atoms with Crippen molar-refractivity contribution in [1.82, 2.24) is 5.23 Å². The van der Waals surface area contributed by atoms with E-state index < -0.39 is 12.1 Å². The molecule has 2 aromatic rings. The minimum Gasteiger partial charge on any atom is -0.724 e. The Hall–Kier alpha value is -1.80. The van der Waals surface area contributed by atoms with Crippen LogP contribution in [0.15, 0.2) is 46.6 Å². The fraction of sp³-hybridized carbons (Fsp3) is 0.176. The van der Waals surface area contributed by atoms with Crippen LogP contribution in [-0.4, -0.2) is 18.6 Å². The first-order valence-corrected chi connectivity index (χ1v) is 8.55. The average Bonchev–Trinajstić information content (AvgIpc) is 2.62. The molecule has 0 bridgehead atoms. The van der Waals surface area contributed by atoms with Crippen LogP contribution >= 0.6 is 27.5 Å². The van der Waals surface area contributed by atoms with Gasteiger partial charge >= 0.3 is 0 Å². The summed E-state index contributed by atoms with van der Waals surface area (Å²) in [7, 11) is 1.41. The summed E-state index contributed by atoms with van der Waals surface area (Å²) < 4.78 is 24.7. The van der Waals surface area contributed by atoms with Gasteiger partial charge in [0.05, 0.1) is 4.47 Å². The third-order valence-electron chi connectivity index (χ3n) is 3.51. The topological polar surface area (TPSA) is 54.0 Å². The van der Waals surface area contributed by atoms with Gasteiger partial charge in [-0.3, -0.25) is 5.23 Å². The lowest BCUT2D eigenvalue weighted by atomic mass is 10.1. The minimum absolute atomic E-state index is 0.0334. The molecule has 0 saturated carbocycles. The normalized spacial score (nSPS) is 15.9. The second-order valence-electron chi connectivity index (χ2n) is 5.18. The standard InChI is InChI=1S/C17H13BrClFNO4/c1-23-17-14(7-11-6-10(9-19)2-5-15(11)24-17)21(22)25-16-8-12(20)3-4-13(16)18/h2-8,17H,9H2,1H3/q-1. The Labute approximate surface area is 157 Å². The van der Waals surface area contributed by atoms with E-state index in [0.717, 1.165) is 11.6 Å². The predicted molar refractivity (Wildman–Crippen MR) is 95.3 cm³/mol. The van der Waals surface area contributed by atoms with Gasteiger partial charge in [-0.1, -0.05) is 6.07 Å². The van der Waals surface area contributed by atoms with E-state index in [1.807, 2.05) is 6.07 Å². The van der Waals surface area contributed by atoms with Crippen LogP contribution in [0.5, 0.6) is 11.5 Å². The van der Waals surface area contributed by atoms with Gasteiger partial charge in [-0.2, -0.15) is 0 Å². The molecule has 8 heteroatoms. The molecule has 0 spiro atoms. The van der Waals surface area contributed by atoms with Gasteiger partial charge in [0, 0.05) is 24.6 Å². The molecule has 0 aliphatic carbocycles. The van der Waals surface area contributed by atoms with E-state index in [1.54, 1.807) is 18.2 Å². The Morgan fingerprint density at radius 3 is 2.84 bits per heavy atom. The van der Waals surface area contributed by atoms with Crippen LogP contribution in [0.2, 0.25) is 0 Å². The van der Waals surface area contributed by atoms with Gasteiger partial charge in [-0.25, -0.2) is 4.39 Å². The first-order chi connectivity index (χ1) is 12.0. The molecule has 0 fully saturated rings. The van der Waals surface area contributed by atoms with Crippen molar-refractivity contribution in [3.8, 4) is 11.5 Å². The van der Waals surface area contributed by atoms with Gasteiger partial charge in [0.15, 0.2) is 5.75 Å². The smallest absolute Gasteiger partial charge is 0.243 e. The number of fused-ring (bicyclic) bond motifs is 1. The average molecular weight is 430 g/mol. The van der Waals surface area contributed by atoms with Gasteiger partial charge in [-0.05, 0) is 51.8 Å². The highest BCUT2D eigenvalue weighted by atomic mass is 79.9. The lowest BCUT2D eigenvalue weighted by molar-refractivity contribution is -0.0803. The molecule has 1 unspecified atom stereocenters. The maximum atomic E-state index is 13.4. The van der Waals surface area contributed by atoms with Gasteiger partial charge in [0.1, 0.15) is 17.3 Å². The van der Waals surface area contributed by atoms with Crippen LogP contribution < -0.4 is 9.57 Å². The van der Waals surface area contributed by atoms with Crippen molar-refractivity contribution < 1.29 is 18.7 Å². The third-order valence-corrected chi connectivity index (χ3v) is 4.47. The maximum Gasteiger partial charge on any atom is 0.243 e. The van der Waals surface area contributed by atoms with Crippen LogP contribution in [0.25, 0.3) is 6.08 Å². The van der Waals surface area contributed by atoms with Crippen molar-refractivity contribution >= 4 is 33.6 Å². The van der Waals surface area contributed by atoms with Crippen molar-refractivity contribution in [1.29, 1.82) is 0 Å². The third kappa shape index (κ3) is 3.90. The van der Waals surface area contributed by atoms with Crippen molar-refractivity contribution in [3.05, 3.63) is 68.7 Å². The summed E-state index contributed by atoms with van der Waals surface area (Å²) in [5.41, 5.74) is 1.63. The van der Waals surface area contributed by atoms with E-state index >= 15 is 0 Å². The molecule has 1 aliphatic rings. The Morgan fingerprint density at radius 1 is 1.32 bits per heavy atom. The molecule has 0 amide bonds. The SMILES string of the molecule is COC1Oc2ccc(CCl)cc2C=C1N([O-])Oc1cc(F)ccc1Br. The number of halogens is 3. The predicted octanol–water partition coefficient (Wildman–Crippen LogP) is 4.83. The van der Waals surface area contributed by atoms with Crippen molar-refractivity contribution in [2.45, 2.75) is 12.2 Å². The Balaban J connectivity index is 1.92. The lowest BCUT2D eigenvalue weighted by Crippen LogP contribution is -2.35. The molecule has 1 aliphatic heterocycles. The highest BCUT2D eigenvalue weighted by molar-refractivity contribution is 9.10. The van der Waals surface area contributed by atoms with E-state index in [1.165, 1.54) is 19.2 Å². The molecular formula is C17H13BrClFNO4-. The number of methoxy groups -OCH3 is 1. The summed E-state index contributed by atoms with van der Waals surface area (Å²) in [6.45, 7) is 0. The number of hydrogen-bond donors (Lipinski definition) is 0. The van der Waals surface area contributed by atoms with Crippen molar-refractivity contribution in [3.63, 3.8) is 0 Å². The van der Waals surface area contributed by atoms with Crippen molar-refractivity contribution in [2.75, 3.05) is 7.11 Å². The largest absolute Gasteiger partial charge is 0.724 e. The zero-order chi connectivity index (χ0) is 18.0. The summed E-state index contributed by atoms with van der Waals surface area (Å²) in [5.74, 6) is 0.398. The van der Waals surface area contributed by atoms with Gasteiger partial charge in [0.2, 0.25) is 6.29 Å². The Morgan fingerprint density at radius 2 is 2.12 bits per heavy atom. The number of alkyl halides is 1. The Kier molecular flexibility index (Phi) is 5.48. The molecular weight excluding hydrogens is 417 g/mol. The molecule has 0 saturated heterocycles. The van der Waals surface area contributed by atoms with E-state index in [9.17, 15) is 9.60 Å². The monoisotopic (exact) mass is 428 g/mol. The maximum absolute atomic E-state index is 13.4. The zero-order valence-electron chi connectivity index (χ0n) is 13.0. The molecule has 2 aromatic carbocycles. The van der Waals surface area contributed by atoms with Crippen LogP contribution in [0.1, 0.15) is 11.1 Å². The first kappa shape index (κ1) is 18.0. The van der Waals surface area contributed by atoms with Crippen molar-refractivity contribution in [2.24, 2.45) is 0 Å². The number of hydroxylamine groups is 2. The number of rotatable bonds is 5. The molecule has 0 N–H and O–H groups in total. The summed E-state index contributed by atoms with van der Waals surface area (Å²) >= 11 is 9.05. The molecule has 0 aromatic heterocycles. The quantitative estimate of drug-likeness (QED) is 0.503. The summed E-state index contributed by atoms with van der Waals surface area (Å²) in [6, 6.07) is 9.18. The summed E-state index contributed by atoms with van der Waals surface area (Å²) in [5, 5.41) is 12.7. The fourth-order valence-corrected chi connectivity index (χ4v) is 2.79. The molecule has 1 atom stereocenters. The lowest BCUT2D eigenvalue weighted by Gasteiger charge is -2.37. The molecule has 3 rings (SSSR count). The van der Waals surface area contributed by atoms with Gasteiger partial charge in [0.25, 0.3) is 0 Å². The number of ether oxygens (including phenoxy) is 2. The van der Waals surface area contributed by atoms with Crippen LogP contribution in [0.3, 0.4) is 0 Å². The van der Waals surface area contributed by atoms with E-state index in [2.05, 4.69) is 15.9 Å².